The molecule has 3 rings (SSSR count). The minimum absolute atomic E-state index is 0.138. The molecule has 0 atom stereocenters. The maximum absolute atomic E-state index is 12.3. The van der Waals surface area contributed by atoms with Crippen molar-refractivity contribution in [1.82, 2.24) is 19.9 Å². The number of nitrogen functional groups attached to an aromatic ring is 1. The van der Waals surface area contributed by atoms with Crippen LogP contribution in [-0.4, -0.2) is 26.3 Å². The van der Waals surface area contributed by atoms with Crippen molar-refractivity contribution in [3.05, 3.63) is 42.2 Å². The predicted octanol–water partition coefficient (Wildman–Crippen LogP) is 3.86. The molecule has 1 aromatic carbocycles. The molecule has 7 nitrogen and oxygen atoms in total. The van der Waals surface area contributed by atoms with Crippen LogP contribution in [0.3, 0.4) is 0 Å². The molecule has 142 valence electrons. The second-order valence-corrected chi connectivity index (χ2v) is 6.17. The summed E-state index contributed by atoms with van der Waals surface area (Å²) in [7, 11) is 0. The molecule has 0 unspecified atom stereocenters. The Labute approximate surface area is 156 Å². The lowest BCUT2D eigenvalue weighted by molar-refractivity contribution is -0.274. The minimum Gasteiger partial charge on any atom is -0.440 e. The van der Waals surface area contributed by atoms with E-state index >= 15 is 0 Å². The molecule has 0 aliphatic carbocycles. The summed E-state index contributed by atoms with van der Waals surface area (Å²) in [5.74, 6) is 1.40. The van der Waals surface area contributed by atoms with E-state index in [9.17, 15) is 13.2 Å². The van der Waals surface area contributed by atoms with Gasteiger partial charge in [-0.3, -0.25) is 0 Å². The Hall–Kier alpha value is -2.82. The van der Waals surface area contributed by atoms with Gasteiger partial charge >= 0.3 is 6.36 Å². The van der Waals surface area contributed by atoms with Gasteiger partial charge in [0.15, 0.2) is 10.9 Å². The number of benzene rings is 1. The second-order valence-electron chi connectivity index (χ2n) is 5.23. The first kappa shape index (κ1) is 19.0. The van der Waals surface area contributed by atoms with Crippen LogP contribution < -0.4 is 10.5 Å². The van der Waals surface area contributed by atoms with E-state index in [1.165, 1.54) is 36.2 Å². The summed E-state index contributed by atoms with van der Waals surface area (Å²) in [6, 6.07) is 5.47. The third-order valence-corrected chi connectivity index (χ3v) is 4.06. The van der Waals surface area contributed by atoms with Crippen molar-refractivity contribution < 1.29 is 22.3 Å². The van der Waals surface area contributed by atoms with Gasteiger partial charge < -0.3 is 14.9 Å². The van der Waals surface area contributed by atoms with E-state index < -0.39 is 6.36 Å². The number of thioether (sulfide) groups is 1. The van der Waals surface area contributed by atoms with Crippen molar-refractivity contribution >= 4 is 17.7 Å². The summed E-state index contributed by atoms with van der Waals surface area (Å²) in [6.45, 7) is 1.90. The molecule has 0 fully saturated rings. The quantitative estimate of drug-likeness (QED) is 0.626. The number of nitrogens with zero attached hydrogens (tertiary/aromatic N) is 4. The van der Waals surface area contributed by atoms with E-state index in [-0.39, 0.29) is 11.7 Å². The Morgan fingerprint density at radius 2 is 2.04 bits per heavy atom. The van der Waals surface area contributed by atoms with Crippen molar-refractivity contribution in [3.8, 4) is 17.1 Å². The number of halogens is 3. The lowest BCUT2D eigenvalue weighted by atomic mass is 10.2. The van der Waals surface area contributed by atoms with Crippen molar-refractivity contribution in [1.29, 1.82) is 0 Å². The Kier molecular flexibility index (Phi) is 5.49. The minimum atomic E-state index is -4.76. The van der Waals surface area contributed by atoms with Crippen molar-refractivity contribution in [2.75, 3.05) is 5.73 Å². The summed E-state index contributed by atoms with van der Waals surface area (Å²) in [4.78, 5) is 16.4. The number of rotatable bonds is 6. The van der Waals surface area contributed by atoms with Gasteiger partial charge in [0.2, 0.25) is 11.8 Å². The molecule has 0 radical (unpaired) electrons. The number of ether oxygens (including phenoxy) is 1. The Balaban J connectivity index is 1.70. The number of aromatic nitrogens is 4. The average Bonchev–Trinajstić information content (AvgIpc) is 3.07. The fourth-order valence-electron chi connectivity index (χ4n) is 2.12. The third-order valence-electron chi connectivity index (χ3n) is 3.23. The molecular formula is C16H14F3N5O2S. The summed E-state index contributed by atoms with van der Waals surface area (Å²) < 4.78 is 46.5. The molecule has 0 amide bonds. The fraction of sp³-hybridized carbons (Fsp3) is 0.250. The first-order chi connectivity index (χ1) is 12.8. The van der Waals surface area contributed by atoms with Gasteiger partial charge in [0, 0.05) is 12.0 Å². The van der Waals surface area contributed by atoms with Gasteiger partial charge in [-0.25, -0.2) is 9.97 Å². The van der Waals surface area contributed by atoms with Crippen LogP contribution in [0.5, 0.6) is 5.75 Å². The Bertz CT molecular complexity index is 932. The molecule has 27 heavy (non-hydrogen) atoms. The number of hydrogen-bond acceptors (Lipinski definition) is 8. The highest BCUT2D eigenvalue weighted by atomic mass is 32.2. The number of oxazole rings is 1. The molecule has 0 bridgehead atoms. The molecule has 2 heterocycles. The fourth-order valence-corrected chi connectivity index (χ4v) is 2.84. The van der Waals surface area contributed by atoms with Crippen molar-refractivity contribution in [2.45, 2.75) is 30.6 Å². The molecule has 3 aromatic rings. The number of alkyl halides is 3. The molecule has 2 aromatic heterocycles. The molecule has 11 heteroatoms. The molecule has 0 spiro atoms. The van der Waals surface area contributed by atoms with E-state index in [1.54, 1.807) is 6.07 Å². The smallest absolute Gasteiger partial charge is 0.440 e. The van der Waals surface area contributed by atoms with Crippen LogP contribution in [0.4, 0.5) is 19.1 Å². The van der Waals surface area contributed by atoms with Gasteiger partial charge in [0.25, 0.3) is 0 Å². The lowest BCUT2D eigenvalue weighted by Gasteiger charge is -2.09. The molecule has 0 saturated heterocycles. The normalized spacial score (nSPS) is 11.6. The highest BCUT2D eigenvalue weighted by Gasteiger charge is 2.31. The Morgan fingerprint density at radius 1 is 1.22 bits per heavy atom. The maximum Gasteiger partial charge on any atom is 0.573 e. The van der Waals surface area contributed by atoms with Gasteiger partial charge in [0.05, 0.1) is 11.9 Å². The summed E-state index contributed by atoms with van der Waals surface area (Å²) in [5, 5.41) is 0.444. The highest BCUT2D eigenvalue weighted by Crippen LogP contribution is 2.29. The summed E-state index contributed by atoms with van der Waals surface area (Å²) in [6.07, 6.45) is -2.70. The molecule has 0 aliphatic rings. The monoisotopic (exact) mass is 397 g/mol. The van der Waals surface area contributed by atoms with E-state index in [2.05, 4.69) is 24.7 Å². The first-order valence-electron chi connectivity index (χ1n) is 7.76. The van der Waals surface area contributed by atoms with Crippen LogP contribution >= 0.6 is 11.8 Å². The zero-order chi connectivity index (χ0) is 19.4. The van der Waals surface area contributed by atoms with Crippen LogP contribution in [0.2, 0.25) is 0 Å². The number of hydrogen-bond donors (Lipinski definition) is 1. The second kappa shape index (κ2) is 7.82. The van der Waals surface area contributed by atoms with Crippen LogP contribution in [0, 0.1) is 0 Å². The van der Waals surface area contributed by atoms with Crippen molar-refractivity contribution in [2.24, 2.45) is 0 Å². The predicted molar refractivity (Wildman–Crippen MR) is 91.8 cm³/mol. The van der Waals surface area contributed by atoms with Gasteiger partial charge in [-0.15, -0.1) is 13.2 Å². The van der Waals surface area contributed by atoms with Crippen LogP contribution in [0.1, 0.15) is 18.6 Å². The van der Waals surface area contributed by atoms with E-state index in [1.807, 2.05) is 6.92 Å². The standard InChI is InChI=1S/C16H14F3N5O2S/c1-2-12-22-14(20)24-15(23-12)27-8-13-21-7-11(25-13)9-4-3-5-10(6-9)26-16(17,18)19/h3-7H,2,8H2,1H3,(H2,20,22,23,24). The van der Waals surface area contributed by atoms with Crippen molar-refractivity contribution in [3.63, 3.8) is 0 Å². The lowest BCUT2D eigenvalue weighted by Crippen LogP contribution is -2.17. The van der Waals surface area contributed by atoms with Gasteiger partial charge in [-0.05, 0) is 12.1 Å². The van der Waals surface area contributed by atoms with Crippen LogP contribution in [-0.2, 0) is 12.2 Å². The van der Waals surface area contributed by atoms with E-state index in [0.717, 1.165) is 0 Å². The maximum atomic E-state index is 12.3. The van der Waals surface area contributed by atoms with E-state index in [0.29, 0.717) is 40.4 Å². The zero-order valence-corrected chi connectivity index (χ0v) is 14.8. The largest absolute Gasteiger partial charge is 0.573 e. The summed E-state index contributed by atoms with van der Waals surface area (Å²) >= 11 is 1.26. The highest BCUT2D eigenvalue weighted by molar-refractivity contribution is 7.98. The Morgan fingerprint density at radius 3 is 2.78 bits per heavy atom. The zero-order valence-electron chi connectivity index (χ0n) is 14.0. The SMILES string of the molecule is CCc1nc(N)nc(SCc2ncc(-c3cccc(OC(F)(F)F)c3)o2)n1. The average molecular weight is 397 g/mol. The van der Waals surface area contributed by atoms with Crippen LogP contribution in [0.15, 0.2) is 40.0 Å². The number of aryl methyl sites for hydroxylation is 1. The van der Waals surface area contributed by atoms with Gasteiger partial charge in [-0.2, -0.15) is 9.97 Å². The molecule has 0 saturated carbocycles. The number of anilines is 1. The summed E-state index contributed by atoms with van der Waals surface area (Å²) in [5.41, 5.74) is 6.05. The van der Waals surface area contributed by atoms with Gasteiger partial charge in [-0.1, -0.05) is 30.8 Å². The first-order valence-corrected chi connectivity index (χ1v) is 8.75. The van der Waals surface area contributed by atoms with E-state index in [4.69, 9.17) is 10.2 Å². The molecule has 0 aliphatic heterocycles. The third kappa shape index (κ3) is 5.33. The molecular weight excluding hydrogens is 383 g/mol. The molecule has 2 N–H and O–H groups in total. The van der Waals surface area contributed by atoms with Gasteiger partial charge in [0.1, 0.15) is 11.6 Å². The number of nitrogens with two attached hydrogens (primary N) is 1. The topological polar surface area (TPSA) is 100.0 Å². The van der Waals surface area contributed by atoms with Crippen LogP contribution in [0.25, 0.3) is 11.3 Å².